The molecule has 0 unspecified atom stereocenters. The van der Waals surface area contributed by atoms with E-state index in [1.807, 2.05) is 19.1 Å². The molecule has 0 radical (unpaired) electrons. The summed E-state index contributed by atoms with van der Waals surface area (Å²) in [6, 6.07) is 3.70. The number of hydrogen-bond donors (Lipinski definition) is 1. The van der Waals surface area contributed by atoms with E-state index in [0.29, 0.717) is 11.3 Å². The fourth-order valence-electron chi connectivity index (χ4n) is 1.77. The van der Waals surface area contributed by atoms with Gasteiger partial charge in [0.15, 0.2) is 0 Å². The van der Waals surface area contributed by atoms with Crippen LogP contribution >= 0.6 is 0 Å². The highest BCUT2D eigenvalue weighted by atomic mass is 16.5. The van der Waals surface area contributed by atoms with E-state index in [9.17, 15) is 4.79 Å². The molecule has 0 aliphatic heterocycles. The Kier molecular flexibility index (Phi) is 5.58. The number of aromatic nitrogens is 3. The van der Waals surface area contributed by atoms with Crippen LogP contribution in [0.1, 0.15) is 16.1 Å². The maximum Gasteiger partial charge on any atom is 0.259 e. The van der Waals surface area contributed by atoms with Gasteiger partial charge in [-0.2, -0.15) is 0 Å². The molecule has 7 nitrogen and oxygen atoms in total. The zero-order valence-corrected chi connectivity index (χ0v) is 13.3. The third-order valence-electron chi connectivity index (χ3n) is 2.89. The Hall–Kier alpha value is -3.01. The molecule has 0 aliphatic rings. The van der Waals surface area contributed by atoms with Gasteiger partial charge < -0.3 is 14.8 Å². The summed E-state index contributed by atoms with van der Waals surface area (Å²) >= 11 is 0. The SMILES string of the molecule is COc1nn(C)cc1C(=O)NCC#CCOc1ccc(C)nc1. The predicted octanol–water partition coefficient (Wildman–Crippen LogP) is 0.944. The molecule has 0 fully saturated rings. The van der Waals surface area contributed by atoms with Gasteiger partial charge in [0.25, 0.3) is 5.91 Å². The highest BCUT2D eigenvalue weighted by Crippen LogP contribution is 2.13. The number of carbonyl (C=O) groups is 1. The molecular weight excluding hydrogens is 296 g/mol. The van der Waals surface area contributed by atoms with E-state index in [-0.39, 0.29) is 24.9 Å². The molecule has 0 aromatic carbocycles. The minimum Gasteiger partial charge on any atom is -0.479 e. The largest absolute Gasteiger partial charge is 0.479 e. The Morgan fingerprint density at radius 1 is 1.39 bits per heavy atom. The van der Waals surface area contributed by atoms with Crippen LogP contribution in [0.5, 0.6) is 11.6 Å². The number of nitrogens with one attached hydrogen (secondary N) is 1. The number of amides is 1. The van der Waals surface area contributed by atoms with E-state index in [1.54, 1.807) is 19.4 Å². The molecule has 0 saturated carbocycles. The summed E-state index contributed by atoms with van der Waals surface area (Å²) < 4.78 is 12.0. The second kappa shape index (κ2) is 7.84. The lowest BCUT2D eigenvalue weighted by Gasteiger charge is -2.01. The lowest BCUT2D eigenvalue weighted by atomic mass is 10.3. The zero-order chi connectivity index (χ0) is 16.7. The minimum absolute atomic E-state index is 0.215. The molecule has 0 aliphatic carbocycles. The number of ether oxygens (including phenoxy) is 2. The smallest absolute Gasteiger partial charge is 0.259 e. The molecule has 0 spiro atoms. The van der Waals surface area contributed by atoms with Crippen LogP contribution in [0.25, 0.3) is 0 Å². The van der Waals surface area contributed by atoms with Crippen LogP contribution in [0.4, 0.5) is 0 Å². The van der Waals surface area contributed by atoms with Crippen molar-refractivity contribution in [1.29, 1.82) is 0 Å². The van der Waals surface area contributed by atoms with E-state index in [4.69, 9.17) is 9.47 Å². The van der Waals surface area contributed by atoms with Gasteiger partial charge in [0, 0.05) is 18.9 Å². The number of aryl methyl sites for hydroxylation is 2. The summed E-state index contributed by atoms with van der Waals surface area (Å²) in [5, 5.41) is 6.70. The van der Waals surface area contributed by atoms with Gasteiger partial charge in [0.1, 0.15) is 17.9 Å². The first kappa shape index (κ1) is 16.4. The summed E-state index contributed by atoms with van der Waals surface area (Å²) in [6.45, 7) is 2.35. The van der Waals surface area contributed by atoms with E-state index in [1.165, 1.54) is 11.8 Å². The number of carbonyl (C=O) groups excluding carboxylic acids is 1. The monoisotopic (exact) mass is 314 g/mol. The Bertz CT molecular complexity index is 726. The Labute approximate surface area is 134 Å². The molecular formula is C16H18N4O3. The average Bonchev–Trinajstić information content (AvgIpc) is 2.93. The van der Waals surface area contributed by atoms with Gasteiger partial charge in [-0.1, -0.05) is 11.8 Å². The summed E-state index contributed by atoms with van der Waals surface area (Å²) in [5.41, 5.74) is 1.30. The Morgan fingerprint density at radius 2 is 2.22 bits per heavy atom. The minimum atomic E-state index is -0.284. The predicted molar refractivity (Wildman–Crippen MR) is 84.3 cm³/mol. The molecule has 2 rings (SSSR count). The van der Waals surface area contributed by atoms with Crippen molar-refractivity contribution in [2.75, 3.05) is 20.3 Å². The van der Waals surface area contributed by atoms with Crippen LogP contribution < -0.4 is 14.8 Å². The molecule has 2 aromatic heterocycles. The van der Waals surface area contributed by atoms with Gasteiger partial charge in [-0.05, 0) is 19.1 Å². The second-order valence-corrected chi connectivity index (χ2v) is 4.69. The zero-order valence-electron chi connectivity index (χ0n) is 13.3. The lowest BCUT2D eigenvalue weighted by Crippen LogP contribution is -2.23. The first-order chi connectivity index (χ1) is 11.1. The van der Waals surface area contributed by atoms with Crippen LogP contribution in [0, 0.1) is 18.8 Å². The summed E-state index contributed by atoms with van der Waals surface area (Å²) in [5.74, 6) is 6.30. The molecule has 23 heavy (non-hydrogen) atoms. The van der Waals surface area contributed by atoms with Crippen molar-refractivity contribution in [3.63, 3.8) is 0 Å². The quantitative estimate of drug-likeness (QED) is 0.831. The fraction of sp³-hybridized carbons (Fsp3) is 0.312. The van der Waals surface area contributed by atoms with Gasteiger partial charge in [0.05, 0.1) is 19.9 Å². The molecule has 1 amide bonds. The first-order valence-electron chi connectivity index (χ1n) is 6.97. The van der Waals surface area contributed by atoms with Gasteiger partial charge in [-0.15, -0.1) is 5.10 Å². The third kappa shape index (κ3) is 4.74. The molecule has 2 heterocycles. The normalized spacial score (nSPS) is 9.70. The molecule has 2 aromatic rings. The van der Waals surface area contributed by atoms with Crippen LogP contribution in [0.2, 0.25) is 0 Å². The molecule has 0 bridgehead atoms. The van der Waals surface area contributed by atoms with Crippen molar-refractivity contribution in [2.45, 2.75) is 6.92 Å². The maximum atomic E-state index is 12.0. The highest BCUT2D eigenvalue weighted by molar-refractivity contribution is 5.96. The Morgan fingerprint density at radius 3 is 2.91 bits per heavy atom. The van der Waals surface area contributed by atoms with E-state index >= 15 is 0 Å². The van der Waals surface area contributed by atoms with Gasteiger partial charge in [-0.25, -0.2) is 0 Å². The summed E-state index contributed by atoms with van der Waals surface area (Å²) in [7, 11) is 3.19. The molecule has 120 valence electrons. The van der Waals surface area contributed by atoms with Crippen molar-refractivity contribution >= 4 is 5.91 Å². The number of nitrogens with zero attached hydrogens (tertiary/aromatic N) is 3. The lowest BCUT2D eigenvalue weighted by molar-refractivity contribution is 0.0955. The number of rotatable bonds is 5. The Balaban J connectivity index is 1.76. The van der Waals surface area contributed by atoms with Crippen molar-refractivity contribution < 1.29 is 14.3 Å². The van der Waals surface area contributed by atoms with E-state index in [2.05, 4.69) is 27.2 Å². The molecule has 7 heteroatoms. The first-order valence-corrected chi connectivity index (χ1v) is 6.97. The standard InChI is InChI=1S/C16H18N4O3/c1-12-6-7-13(10-18-12)23-9-5-4-8-17-15(21)14-11-20(2)19-16(14)22-3/h6-7,10-11H,8-9H2,1-3H3,(H,17,21). The summed E-state index contributed by atoms with van der Waals surface area (Å²) in [6.07, 6.45) is 3.24. The number of pyridine rings is 1. The highest BCUT2D eigenvalue weighted by Gasteiger charge is 2.15. The van der Waals surface area contributed by atoms with Gasteiger partial charge in [-0.3, -0.25) is 14.5 Å². The van der Waals surface area contributed by atoms with Crippen LogP contribution in [0.15, 0.2) is 24.5 Å². The van der Waals surface area contributed by atoms with Crippen LogP contribution in [-0.4, -0.2) is 40.9 Å². The number of methoxy groups -OCH3 is 1. The molecule has 1 N–H and O–H groups in total. The van der Waals surface area contributed by atoms with Gasteiger partial charge >= 0.3 is 0 Å². The van der Waals surface area contributed by atoms with Crippen molar-refractivity contribution in [3.05, 3.63) is 35.8 Å². The maximum absolute atomic E-state index is 12.0. The van der Waals surface area contributed by atoms with Gasteiger partial charge in [0.2, 0.25) is 5.88 Å². The van der Waals surface area contributed by atoms with Crippen molar-refractivity contribution in [3.8, 4) is 23.5 Å². The second-order valence-electron chi connectivity index (χ2n) is 4.69. The third-order valence-corrected chi connectivity index (χ3v) is 2.89. The van der Waals surface area contributed by atoms with Crippen LogP contribution in [0.3, 0.4) is 0 Å². The fourth-order valence-corrected chi connectivity index (χ4v) is 1.77. The number of hydrogen-bond acceptors (Lipinski definition) is 5. The van der Waals surface area contributed by atoms with E-state index in [0.717, 1.165) is 5.69 Å². The summed E-state index contributed by atoms with van der Waals surface area (Å²) in [4.78, 5) is 16.1. The molecule has 0 atom stereocenters. The van der Waals surface area contributed by atoms with Crippen molar-refractivity contribution in [2.24, 2.45) is 7.05 Å². The topological polar surface area (TPSA) is 78.3 Å². The van der Waals surface area contributed by atoms with E-state index < -0.39 is 0 Å². The average molecular weight is 314 g/mol. The van der Waals surface area contributed by atoms with Crippen molar-refractivity contribution in [1.82, 2.24) is 20.1 Å². The van der Waals surface area contributed by atoms with Crippen LogP contribution in [-0.2, 0) is 7.05 Å². The molecule has 0 saturated heterocycles.